The summed E-state index contributed by atoms with van der Waals surface area (Å²) in [5.74, 6) is 0.304. The predicted octanol–water partition coefficient (Wildman–Crippen LogP) is 1.97. The van der Waals surface area contributed by atoms with E-state index in [1.165, 1.54) is 4.68 Å². The number of hydrogen-bond donors (Lipinski definition) is 0. The molecule has 72 valence electrons. The van der Waals surface area contributed by atoms with Gasteiger partial charge in [0, 0.05) is 6.20 Å². The highest BCUT2D eigenvalue weighted by atomic mass is 127. The highest BCUT2D eigenvalue weighted by Gasteiger charge is 2.06. The number of nitrogens with zero attached hydrogens (tertiary/aromatic N) is 5. The molecule has 2 heterocycles. The minimum absolute atomic E-state index is 0.0468. The Kier molecular flexibility index (Phi) is 2.84. The van der Waals surface area contributed by atoms with Gasteiger partial charge >= 0.3 is 0 Å². The van der Waals surface area contributed by atoms with Gasteiger partial charge in [-0.3, -0.25) is 0 Å². The average molecular weight is 342 g/mol. The van der Waals surface area contributed by atoms with Crippen LogP contribution in [0.15, 0.2) is 12.4 Å². The van der Waals surface area contributed by atoms with E-state index in [0.717, 1.165) is 3.57 Å². The highest BCUT2D eigenvalue weighted by Crippen LogP contribution is 2.10. The molecule has 5 nitrogen and oxygen atoms in total. The van der Waals surface area contributed by atoms with Crippen LogP contribution in [-0.4, -0.2) is 24.7 Å². The van der Waals surface area contributed by atoms with Crippen LogP contribution in [0.3, 0.4) is 0 Å². The normalized spacial score (nSPS) is 10.5. The van der Waals surface area contributed by atoms with Crippen LogP contribution in [-0.2, 0) is 0 Å². The standard InChI is InChI=1S/C6H2Cl2IN5/c7-4-11-5(8)13-6(12-4)14-2-3(9)1-10-14/h1-2H. The van der Waals surface area contributed by atoms with Crippen LogP contribution in [0.25, 0.3) is 5.95 Å². The zero-order chi connectivity index (χ0) is 10.1. The first-order chi connectivity index (χ1) is 6.65. The molecule has 0 aliphatic rings. The lowest BCUT2D eigenvalue weighted by Gasteiger charge is -1.98. The van der Waals surface area contributed by atoms with Crippen LogP contribution in [0.4, 0.5) is 0 Å². The Morgan fingerprint density at radius 1 is 1.14 bits per heavy atom. The molecule has 2 rings (SSSR count). The molecule has 0 spiro atoms. The molecule has 0 unspecified atom stereocenters. The van der Waals surface area contributed by atoms with E-state index in [0.29, 0.717) is 5.95 Å². The Morgan fingerprint density at radius 3 is 2.29 bits per heavy atom. The fourth-order valence-corrected chi connectivity index (χ4v) is 1.57. The Bertz CT molecular complexity index is 451. The number of hydrogen-bond acceptors (Lipinski definition) is 4. The maximum absolute atomic E-state index is 5.62. The average Bonchev–Trinajstić information content (AvgIpc) is 2.50. The molecule has 2 aromatic rings. The van der Waals surface area contributed by atoms with E-state index in [1.807, 2.05) is 0 Å². The van der Waals surface area contributed by atoms with Gasteiger partial charge in [0.05, 0.1) is 9.77 Å². The molecule has 0 saturated carbocycles. The zero-order valence-corrected chi connectivity index (χ0v) is 10.2. The van der Waals surface area contributed by atoms with Gasteiger partial charge in [-0.05, 0) is 45.8 Å². The van der Waals surface area contributed by atoms with Crippen molar-refractivity contribution in [2.24, 2.45) is 0 Å². The number of halogens is 3. The van der Waals surface area contributed by atoms with Crippen molar-refractivity contribution >= 4 is 45.8 Å². The molecule has 0 bridgehead atoms. The van der Waals surface area contributed by atoms with E-state index in [1.54, 1.807) is 12.4 Å². The summed E-state index contributed by atoms with van der Waals surface area (Å²) in [5, 5.41) is 4.10. The van der Waals surface area contributed by atoms with Crippen LogP contribution in [0, 0.1) is 3.57 Å². The third-order valence-electron chi connectivity index (χ3n) is 1.33. The summed E-state index contributed by atoms with van der Waals surface area (Å²) in [6.45, 7) is 0. The van der Waals surface area contributed by atoms with Crippen molar-refractivity contribution in [3.8, 4) is 5.95 Å². The molecular formula is C6H2Cl2IN5. The molecule has 0 saturated heterocycles. The van der Waals surface area contributed by atoms with E-state index < -0.39 is 0 Å². The van der Waals surface area contributed by atoms with Gasteiger partial charge in [-0.1, -0.05) is 0 Å². The van der Waals surface area contributed by atoms with Gasteiger partial charge in [0.15, 0.2) is 0 Å². The molecular weight excluding hydrogens is 340 g/mol. The lowest BCUT2D eigenvalue weighted by Crippen LogP contribution is -2.03. The number of aromatic nitrogens is 5. The highest BCUT2D eigenvalue weighted by molar-refractivity contribution is 14.1. The summed E-state index contributed by atoms with van der Waals surface area (Å²) < 4.78 is 2.44. The van der Waals surface area contributed by atoms with E-state index in [4.69, 9.17) is 23.2 Å². The van der Waals surface area contributed by atoms with Gasteiger partial charge in [-0.15, -0.1) is 0 Å². The SMILES string of the molecule is Clc1nc(Cl)nc(-n2cc(I)cn2)n1. The maximum atomic E-state index is 5.62. The fourth-order valence-electron chi connectivity index (χ4n) is 0.829. The Labute approximate surface area is 103 Å². The second-order valence-electron chi connectivity index (χ2n) is 2.28. The fraction of sp³-hybridized carbons (Fsp3) is 0. The summed E-state index contributed by atoms with van der Waals surface area (Å²) in [7, 11) is 0. The molecule has 0 aliphatic carbocycles. The lowest BCUT2D eigenvalue weighted by molar-refractivity contribution is 0.795. The van der Waals surface area contributed by atoms with E-state index in [2.05, 4.69) is 42.6 Å². The van der Waals surface area contributed by atoms with Crippen LogP contribution in [0.1, 0.15) is 0 Å². The van der Waals surface area contributed by atoms with Crippen molar-refractivity contribution in [3.63, 3.8) is 0 Å². The Morgan fingerprint density at radius 2 is 1.79 bits per heavy atom. The minimum Gasteiger partial charge on any atom is -0.205 e. The third-order valence-corrected chi connectivity index (χ3v) is 2.22. The zero-order valence-electron chi connectivity index (χ0n) is 6.52. The van der Waals surface area contributed by atoms with Gasteiger partial charge in [0.1, 0.15) is 0 Å². The van der Waals surface area contributed by atoms with Crippen LogP contribution >= 0.6 is 45.8 Å². The van der Waals surface area contributed by atoms with Gasteiger partial charge in [-0.2, -0.15) is 20.1 Å². The summed E-state index contributed by atoms with van der Waals surface area (Å²) >= 11 is 13.4. The van der Waals surface area contributed by atoms with Crippen LogP contribution in [0.2, 0.25) is 10.6 Å². The van der Waals surface area contributed by atoms with Crippen molar-refractivity contribution < 1.29 is 0 Å². The smallest absolute Gasteiger partial charge is 0.205 e. The molecule has 0 atom stereocenters. The largest absolute Gasteiger partial charge is 0.256 e. The molecule has 0 aromatic carbocycles. The molecule has 0 N–H and O–H groups in total. The van der Waals surface area contributed by atoms with E-state index >= 15 is 0 Å². The van der Waals surface area contributed by atoms with Gasteiger partial charge in [0.2, 0.25) is 10.6 Å². The monoisotopic (exact) mass is 341 g/mol. The van der Waals surface area contributed by atoms with E-state index in [9.17, 15) is 0 Å². The first-order valence-electron chi connectivity index (χ1n) is 3.43. The molecule has 0 radical (unpaired) electrons. The van der Waals surface area contributed by atoms with Crippen molar-refractivity contribution in [1.29, 1.82) is 0 Å². The molecule has 8 heteroatoms. The quantitative estimate of drug-likeness (QED) is 0.744. The van der Waals surface area contributed by atoms with Crippen molar-refractivity contribution in [1.82, 2.24) is 24.7 Å². The molecule has 0 amide bonds. The van der Waals surface area contributed by atoms with Crippen molar-refractivity contribution in [3.05, 3.63) is 26.5 Å². The first-order valence-corrected chi connectivity index (χ1v) is 5.26. The Balaban J connectivity index is 2.51. The van der Waals surface area contributed by atoms with Gasteiger partial charge < -0.3 is 0 Å². The minimum atomic E-state index is 0.0468. The summed E-state index contributed by atoms with van der Waals surface area (Å²) in [4.78, 5) is 11.4. The molecule has 14 heavy (non-hydrogen) atoms. The summed E-state index contributed by atoms with van der Waals surface area (Å²) in [6, 6.07) is 0. The third kappa shape index (κ3) is 2.12. The van der Waals surface area contributed by atoms with Gasteiger partial charge in [-0.25, -0.2) is 4.68 Å². The van der Waals surface area contributed by atoms with Gasteiger partial charge in [0.25, 0.3) is 5.95 Å². The van der Waals surface area contributed by atoms with Crippen LogP contribution < -0.4 is 0 Å². The lowest BCUT2D eigenvalue weighted by atomic mass is 10.7. The molecule has 0 fully saturated rings. The molecule has 2 aromatic heterocycles. The van der Waals surface area contributed by atoms with Crippen molar-refractivity contribution in [2.45, 2.75) is 0 Å². The molecule has 0 aliphatic heterocycles. The second kappa shape index (κ2) is 3.95. The number of rotatable bonds is 1. The maximum Gasteiger partial charge on any atom is 0.256 e. The second-order valence-corrected chi connectivity index (χ2v) is 4.20. The first kappa shape index (κ1) is 10.1. The summed E-state index contributed by atoms with van der Waals surface area (Å²) in [5.41, 5.74) is 0. The summed E-state index contributed by atoms with van der Waals surface area (Å²) in [6.07, 6.45) is 3.43. The van der Waals surface area contributed by atoms with Crippen LogP contribution in [0.5, 0.6) is 0 Å². The van der Waals surface area contributed by atoms with Crippen molar-refractivity contribution in [2.75, 3.05) is 0 Å². The van der Waals surface area contributed by atoms with E-state index in [-0.39, 0.29) is 10.6 Å². The Hall–Kier alpha value is -0.470. The predicted molar refractivity (Wildman–Crippen MR) is 59.7 cm³/mol. The topological polar surface area (TPSA) is 56.5 Å².